The molecule has 1 saturated carbocycles. The van der Waals surface area contributed by atoms with Gasteiger partial charge in [-0.1, -0.05) is 0 Å². The molecule has 22 heavy (non-hydrogen) atoms. The summed E-state index contributed by atoms with van der Waals surface area (Å²) in [6, 6.07) is 0. The summed E-state index contributed by atoms with van der Waals surface area (Å²) >= 11 is 1.68. The number of nitrogens with zero attached hydrogens (tertiary/aromatic N) is 5. The minimum Gasteiger partial charge on any atom is -0.297 e. The molecule has 4 heterocycles. The van der Waals surface area contributed by atoms with E-state index in [1.54, 1.807) is 11.3 Å². The SMILES string of the molecule is c1cn2cc(CN3CCc4nc(C5CC5)ncc4C3)nc2s1. The van der Waals surface area contributed by atoms with Crippen LogP contribution in [0.25, 0.3) is 4.96 Å². The van der Waals surface area contributed by atoms with Crippen LogP contribution < -0.4 is 0 Å². The van der Waals surface area contributed by atoms with Crippen molar-refractivity contribution in [3.8, 4) is 0 Å². The molecular formula is C16H17N5S. The quantitative estimate of drug-likeness (QED) is 0.746. The third-order valence-corrected chi connectivity index (χ3v) is 5.27. The molecule has 1 fully saturated rings. The third-order valence-electron chi connectivity index (χ3n) is 4.50. The van der Waals surface area contributed by atoms with E-state index in [9.17, 15) is 0 Å². The van der Waals surface area contributed by atoms with Crippen molar-refractivity contribution in [1.82, 2.24) is 24.3 Å². The Balaban J connectivity index is 1.34. The van der Waals surface area contributed by atoms with Crippen LogP contribution in [0.15, 0.2) is 24.0 Å². The van der Waals surface area contributed by atoms with Gasteiger partial charge >= 0.3 is 0 Å². The molecule has 3 aromatic heterocycles. The van der Waals surface area contributed by atoms with Crippen LogP contribution in [-0.2, 0) is 19.5 Å². The van der Waals surface area contributed by atoms with Gasteiger partial charge in [0.05, 0.1) is 5.69 Å². The van der Waals surface area contributed by atoms with Crippen molar-refractivity contribution >= 4 is 16.3 Å². The summed E-state index contributed by atoms with van der Waals surface area (Å²) in [7, 11) is 0. The van der Waals surface area contributed by atoms with Gasteiger partial charge < -0.3 is 0 Å². The topological polar surface area (TPSA) is 46.3 Å². The van der Waals surface area contributed by atoms with Gasteiger partial charge in [0, 0.05) is 67.2 Å². The predicted molar refractivity (Wildman–Crippen MR) is 84.9 cm³/mol. The zero-order chi connectivity index (χ0) is 14.5. The van der Waals surface area contributed by atoms with Gasteiger partial charge in [0.2, 0.25) is 0 Å². The summed E-state index contributed by atoms with van der Waals surface area (Å²) in [6.07, 6.45) is 9.81. The number of imidazole rings is 1. The molecule has 3 aromatic rings. The molecular weight excluding hydrogens is 294 g/mol. The number of fused-ring (bicyclic) bond motifs is 2. The molecule has 0 aromatic carbocycles. The Morgan fingerprint density at radius 1 is 1.27 bits per heavy atom. The second-order valence-corrected chi connectivity index (χ2v) is 7.13. The predicted octanol–water partition coefficient (Wildman–Crippen LogP) is 2.62. The molecule has 5 rings (SSSR count). The Labute approximate surface area is 132 Å². The summed E-state index contributed by atoms with van der Waals surface area (Å²) in [5.41, 5.74) is 3.70. The monoisotopic (exact) mass is 311 g/mol. The van der Waals surface area contributed by atoms with Gasteiger partial charge in [-0.2, -0.15) is 0 Å². The first-order valence-corrected chi connectivity index (χ1v) is 8.71. The first-order valence-electron chi connectivity index (χ1n) is 7.83. The van der Waals surface area contributed by atoms with Gasteiger partial charge in [-0.15, -0.1) is 11.3 Å². The molecule has 0 radical (unpaired) electrons. The lowest BCUT2D eigenvalue weighted by molar-refractivity contribution is 0.240. The van der Waals surface area contributed by atoms with Gasteiger partial charge in [0.25, 0.3) is 0 Å². The zero-order valence-electron chi connectivity index (χ0n) is 12.3. The van der Waals surface area contributed by atoms with E-state index in [1.165, 1.54) is 24.1 Å². The maximum Gasteiger partial charge on any atom is 0.193 e. The lowest BCUT2D eigenvalue weighted by Gasteiger charge is -2.27. The average Bonchev–Trinajstić information content (AvgIpc) is 3.18. The third kappa shape index (κ3) is 2.23. The van der Waals surface area contributed by atoms with Gasteiger partial charge in [-0.25, -0.2) is 15.0 Å². The van der Waals surface area contributed by atoms with E-state index in [0.29, 0.717) is 5.92 Å². The highest BCUT2D eigenvalue weighted by Crippen LogP contribution is 2.38. The van der Waals surface area contributed by atoms with Crippen molar-refractivity contribution in [2.24, 2.45) is 0 Å². The van der Waals surface area contributed by atoms with Crippen LogP contribution >= 0.6 is 11.3 Å². The van der Waals surface area contributed by atoms with E-state index in [1.807, 2.05) is 6.20 Å². The fourth-order valence-electron chi connectivity index (χ4n) is 3.14. The highest BCUT2D eigenvalue weighted by molar-refractivity contribution is 7.15. The van der Waals surface area contributed by atoms with Crippen molar-refractivity contribution in [3.63, 3.8) is 0 Å². The Kier molecular flexibility index (Phi) is 2.81. The molecule has 0 unspecified atom stereocenters. The molecule has 1 aliphatic heterocycles. The van der Waals surface area contributed by atoms with Crippen molar-refractivity contribution in [2.45, 2.75) is 38.3 Å². The standard InChI is InChI=1S/C16H17N5S/c1-2-11(1)15-17-7-12-8-20(4-3-14(12)19-15)9-13-10-21-5-6-22-16(21)18-13/h5-7,10-11H,1-4,8-9H2. The van der Waals surface area contributed by atoms with Crippen molar-refractivity contribution in [1.29, 1.82) is 0 Å². The molecule has 0 bridgehead atoms. The van der Waals surface area contributed by atoms with E-state index >= 15 is 0 Å². The van der Waals surface area contributed by atoms with Crippen molar-refractivity contribution in [2.75, 3.05) is 6.54 Å². The summed E-state index contributed by atoms with van der Waals surface area (Å²) in [5.74, 6) is 1.71. The van der Waals surface area contributed by atoms with Crippen LogP contribution in [0.1, 0.15) is 41.5 Å². The average molecular weight is 311 g/mol. The van der Waals surface area contributed by atoms with E-state index < -0.39 is 0 Å². The molecule has 112 valence electrons. The highest BCUT2D eigenvalue weighted by Gasteiger charge is 2.28. The molecule has 2 aliphatic rings. The molecule has 0 atom stereocenters. The Morgan fingerprint density at radius 3 is 3.09 bits per heavy atom. The van der Waals surface area contributed by atoms with Gasteiger partial charge in [0.1, 0.15) is 5.82 Å². The van der Waals surface area contributed by atoms with Gasteiger partial charge in [-0.05, 0) is 12.8 Å². The second-order valence-electron chi connectivity index (χ2n) is 6.26. The van der Waals surface area contributed by atoms with Crippen LogP contribution in [0.4, 0.5) is 0 Å². The minimum absolute atomic E-state index is 0.641. The Bertz CT molecular complexity index is 804. The fraction of sp³-hybridized carbons (Fsp3) is 0.438. The van der Waals surface area contributed by atoms with E-state index in [-0.39, 0.29) is 0 Å². The van der Waals surface area contributed by atoms with Gasteiger partial charge in [-0.3, -0.25) is 9.30 Å². The first kappa shape index (κ1) is 12.7. The van der Waals surface area contributed by atoms with E-state index in [4.69, 9.17) is 4.98 Å². The highest BCUT2D eigenvalue weighted by atomic mass is 32.1. The smallest absolute Gasteiger partial charge is 0.193 e. The maximum absolute atomic E-state index is 4.79. The largest absolute Gasteiger partial charge is 0.297 e. The number of rotatable bonds is 3. The normalized spacial score (nSPS) is 18.7. The summed E-state index contributed by atoms with van der Waals surface area (Å²) in [6.45, 7) is 2.89. The van der Waals surface area contributed by atoms with E-state index in [2.05, 4.69) is 37.0 Å². The second kappa shape index (κ2) is 4.86. The molecule has 0 spiro atoms. The van der Waals surface area contributed by atoms with Crippen LogP contribution in [0.3, 0.4) is 0 Å². The molecule has 0 saturated heterocycles. The van der Waals surface area contributed by atoms with Gasteiger partial charge in [0.15, 0.2) is 4.96 Å². The van der Waals surface area contributed by atoms with Crippen LogP contribution in [-0.4, -0.2) is 30.8 Å². The number of thiazole rings is 1. The number of hydrogen-bond donors (Lipinski definition) is 0. The fourth-order valence-corrected chi connectivity index (χ4v) is 3.86. The van der Waals surface area contributed by atoms with E-state index in [0.717, 1.165) is 42.5 Å². The number of aromatic nitrogens is 4. The molecule has 0 N–H and O–H groups in total. The molecule has 0 amide bonds. The first-order chi connectivity index (χ1) is 10.8. The summed E-state index contributed by atoms with van der Waals surface area (Å²) in [5, 5.41) is 2.07. The van der Waals surface area contributed by atoms with Crippen molar-refractivity contribution in [3.05, 3.63) is 46.7 Å². The molecule has 5 nitrogen and oxygen atoms in total. The zero-order valence-corrected chi connectivity index (χ0v) is 13.1. The Hall–Kier alpha value is -1.79. The summed E-state index contributed by atoms with van der Waals surface area (Å²) in [4.78, 5) is 17.5. The van der Waals surface area contributed by atoms with Crippen molar-refractivity contribution < 1.29 is 0 Å². The minimum atomic E-state index is 0.641. The Morgan fingerprint density at radius 2 is 2.23 bits per heavy atom. The summed E-state index contributed by atoms with van der Waals surface area (Å²) < 4.78 is 2.10. The van der Waals surface area contributed by atoms with Crippen LogP contribution in [0, 0.1) is 0 Å². The number of hydrogen-bond acceptors (Lipinski definition) is 5. The molecule has 6 heteroatoms. The van der Waals surface area contributed by atoms with Crippen LogP contribution in [0.2, 0.25) is 0 Å². The lowest BCUT2D eigenvalue weighted by atomic mass is 10.1. The lowest BCUT2D eigenvalue weighted by Crippen LogP contribution is -2.31. The van der Waals surface area contributed by atoms with Crippen LogP contribution in [0.5, 0.6) is 0 Å². The maximum atomic E-state index is 4.79. The molecule has 1 aliphatic carbocycles.